The van der Waals surface area contributed by atoms with E-state index in [2.05, 4.69) is 62.4 Å². The zero-order valence-electron chi connectivity index (χ0n) is 13.4. The number of unbranched alkanes of at least 4 members (excludes halogenated alkanes) is 1. The molecule has 0 unspecified atom stereocenters. The van der Waals surface area contributed by atoms with E-state index in [4.69, 9.17) is 0 Å². The van der Waals surface area contributed by atoms with Crippen molar-refractivity contribution in [2.45, 2.75) is 69.6 Å². The molecule has 2 bridgehead atoms. The first-order valence-electron chi connectivity index (χ1n) is 8.51. The average Bonchev–Trinajstić information content (AvgIpc) is 2.59. The lowest BCUT2D eigenvalue weighted by molar-refractivity contribution is 0.629. The van der Waals surface area contributed by atoms with Crippen LogP contribution in [-0.4, -0.2) is 10.5 Å². The number of hydrogen-bond acceptors (Lipinski definition) is 0. The molecule has 0 radical (unpaired) electrons. The van der Waals surface area contributed by atoms with Crippen molar-refractivity contribution < 1.29 is 0 Å². The molecule has 22 heavy (non-hydrogen) atoms. The second-order valence-electron chi connectivity index (χ2n) is 6.20. The van der Waals surface area contributed by atoms with E-state index in [0.717, 1.165) is 10.5 Å². The molecule has 0 aliphatic carbocycles. The molecule has 2 aromatic carbocycles. The lowest BCUT2D eigenvalue weighted by Crippen LogP contribution is -2.48. The SMILES string of the molecule is CCCC[C@H]1[C@H](CC)[S+]2c3ccccc3[S+]1c1ccccc12. The Balaban J connectivity index is 1.90. The maximum atomic E-state index is 2.42. The summed E-state index contributed by atoms with van der Waals surface area (Å²) in [6.07, 6.45) is 5.43. The van der Waals surface area contributed by atoms with Crippen LogP contribution in [0.1, 0.15) is 39.5 Å². The predicted molar refractivity (Wildman–Crippen MR) is 98.1 cm³/mol. The van der Waals surface area contributed by atoms with Gasteiger partial charge in [-0.15, -0.1) is 0 Å². The van der Waals surface area contributed by atoms with Crippen LogP contribution in [0.15, 0.2) is 68.1 Å². The molecule has 3 heterocycles. The van der Waals surface area contributed by atoms with Crippen LogP contribution in [0.2, 0.25) is 0 Å². The first-order valence-corrected chi connectivity index (χ1v) is 11.1. The van der Waals surface area contributed by atoms with Crippen molar-refractivity contribution in [3.63, 3.8) is 0 Å². The molecule has 3 aliphatic rings. The Kier molecular flexibility index (Phi) is 4.00. The van der Waals surface area contributed by atoms with Gasteiger partial charge in [-0.3, -0.25) is 0 Å². The Morgan fingerprint density at radius 2 is 1.18 bits per heavy atom. The third-order valence-electron chi connectivity index (χ3n) is 4.91. The van der Waals surface area contributed by atoms with Crippen molar-refractivity contribution in [2.75, 3.05) is 0 Å². The molecule has 2 atom stereocenters. The Bertz CT molecular complexity index is 631. The highest BCUT2D eigenvalue weighted by atomic mass is 32.2. The van der Waals surface area contributed by atoms with Crippen LogP contribution in [-0.2, 0) is 21.8 Å². The van der Waals surface area contributed by atoms with E-state index >= 15 is 0 Å². The number of fused-ring (bicyclic) bond motifs is 1. The summed E-state index contributed by atoms with van der Waals surface area (Å²) >= 11 is 0. The lowest BCUT2D eigenvalue weighted by atomic mass is 10.1. The third kappa shape index (κ3) is 2.07. The Hall–Kier alpha value is -0.860. The summed E-state index contributed by atoms with van der Waals surface area (Å²) in [5.74, 6) is 0. The van der Waals surface area contributed by atoms with Gasteiger partial charge in [0.05, 0.1) is 21.8 Å². The van der Waals surface area contributed by atoms with E-state index in [0.29, 0.717) is 21.8 Å². The Labute approximate surface area is 140 Å². The molecule has 5 rings (SSSR count). The molecule has 0 amide bonds. The van der Waals surface area contributed by atoms with Gasteiger partial charge in [0.15, 0.2) is 10.5 Å². The van der Waals surface area contributed by atoms with E-state index in [1.807, 2.05) is 0 Å². The maximum Gasteiger partial charge on any atom is 0.216 e. The normalized spacial score (nSPS) is 28.3. The van der Waals surface area contributed by atoms with Gasteiger partial charge in [0.25, 0.3) is 0 Å². The number of benzene rings is 2. The monoisotopic (exact) mass is 328 g/mol. The van der Waals surface area contributed by atoms with Crippen LogP contribution in [0.3, 0.4) is 0 Å². The van der Waals surface area contributed by atoms with Gasteiger partial charge in [-0.25, -0.2) is 0 Å². The summed E-state index contributed by atoms with van der Waals surface area (Å²) in [7, 11) is 0.602. The molecule has 3 aliphatic heterocycles. The van der Waals surface area contributed by atoms with Crippen molar-refractivity contribution >= 4 is 21.8 Å². The zero-order chi connectivity index (χ0) is 15.1. The van der Waals surface area contributed by atoms with E-state index in [9.17, 15) is 0 Å². The van der Waals surface area contributed by atoms with Gasteiger partial charge in [0, 0.05) is 6.42 Å². The van der Waals surface area contributed by atoms with Crippen LogP contribution in [0.25, 0.3) is 0 Å². The van der Waals surface area contributed by atoms with E-state index in [1.165, 1.54) is 25.7 Å². The highest BCUT2D eigenvalue weighted by Crippen LogP contribution is 2.54. The van der Waals surface area contributed by atoms with E-state index in [-0.39, 0.29) is 0 Å². The first-order chi connectivity index (χ1) is 10.9. The number of hydrogen-bond donors (Lipinski definition) is 0. The molecule has 2 heteroatoms. The van der Waals surface area contributed by atoms with Crippen LogP contribution < -0.4 is 0 Å². The van der Waals surface area contributed by atoms with Gasteiger partial charge in [-0.05, 0) is 37.1 Å². The molecule has 0 saturated carbocycles. The topological polar surface area (TPSA) is 0 Å². The highest BCUT2D eigenvalue weighted by molar-refractivity contribution is 8.06. The smallest absolute Gasteiger partial charge is 0.0654 e. The maximum absolute atomic E-state index is 2.42. The minimum atomic E-state index is 0.300. The Morgan fingerprint density at radius 1 is 0.727 bits per heavy atom. The molecule has 0 nitrogen and oxygen atoms in total. The van der Waals surface area contributed by atoms with E-state index < -0.39 is 0 Å². The average molecular weight is 329 g/mol. The fourth-order valence-electron chi connectivity index (χ4n) is 3.96. The molecule has 0 saturated heterocycles. The minimum absolute atomic E-state index is 0.300. The molecule has 0 N–H and O–H groups in total. The van der Waals surface area contributed by atoms with Crippen molar-refractivity contribution in [3.8, 4) is 0 Å². The second kappa shape index (κ2) is 5.98. The minimum Gasteiger partial charge on any atom is -0.0654 e. The second-order valence-corrected chi connectivity index (χ2v) is 10.5. The lowest BCUT2D eigenvalue weighted by Gasteiger charge is -2.35. The number of rotatable bonds is 4. The largest absolute Gasteiger partial charge is 0.216 e. The summed E-state index contributed by atoms with van der Waals surface area (Å²) in [5.41, 5.74) is 0. The summed E-state index contributed by atoms with van der Waals surface area (Å²) < 4.78 is 0. The fourth-order valence-corrected chi connectivity index (χ4v) is 11.2. The molecule has 114 valence electrons. The summed E-state index contributed by atoms with van der Waals surface area (Å²) in [6, 6.07) is 18.6. The van der Waals surface area contributed by atoms with Gasteiger partial charge in [-0.2, -0.15) is 0 Å². The summed E-state index contributed by atoms with van der Waals surface area (Å²) in [6.45, 7) is 4.74. The van der Waals surface area contributed by atoms with Crippen molar-refractivity contribution in [1.29, 1.82) is 0 Å². The molecule has 2 aromatic rings. The Morgan fingerprint density at radius 3 is 1.59 bits per heavy atom. The molecular weight excluding hydrogens is 304 g/mol. The van der Waals surface area contributed by atoms with Crippen LogP contribution in [0.5, 0.6) is 0 Å². The van der Waals surface area contributed by atoms with Gasteiger partial charge in [-0.1, -0.05) is 44.5 Å². The van der Waals surface area contributed by atoms with Gasteiger partial charge >= 0.3 is 0 Å². The van der Waals surface area contributed by atoms with Crippen LogP contribution in [0, 0.1) is 0 Å². The highest BCUT2D eigenvalue weighted by Gasteiger charge is 2.64. The van der Waals surface area contributed by atoms with Crippen LogP contribution >= 0.6 is 0 Å². The molecule has 0 aromatic heterocycles. The fraction of sp³-hybridized carbons (Fsp3) is 0.400. The van der Waals surface area contributed by atoms with Crippen molar-refractivity contribution in [1.82, 2.24) is 0 Å². The summed E-state index contributed by atoms with van der Waals surface area (Å²) in [5, 5.41) is 1.73. The standard InChI is InChI=1S/C20H24S2/c1-3-5-10-16-15(4-2)21-17-11-6-8-13-19(17)22(16)20-14-9-7-12-18(20)21/h6-9,11-16H,3-5,10H2,1-2H3/q+2/t15-,16-,21?,22?/m0/s1. The third-order valence-corrected chi connectivity index (χ3v) is 11.1. The van der Waals surface area contributed by atoms with Gasteiger partial charge in [0.2, 0.25) is 19.6 Å². The van der Waals surface area contributed by atoms with Gasteiger partial charge in [0.1, 0.15) is 0 Å². The molecule has 0 spiro atoms. The predicted octanol–water partition coefficient (Wildman–Crippen LogP) is 5.42. The van der Waals surface area contributed by atoms with Gasteiger partial charge < -0.3 is 0 Å². The van der Waals surface area contributed by atoms with E-state index in [1.54, 1.807) is 19.6 Å². The zero-order valence-corrected chi connectivity index (χ0v) is 15.1. The van der Waals surface area contributed by atoms with Crippen LogP contribution in [0.4, 0.5) is 0 Å². The first kappa shape index (κ1) is 14.7. The molecule has 0 fully saturated rings. The summed E-state index contributed by atoms with van der Waals surface area (Å²) in [4.78, 5) is 6.64. The van der Waals surface area contributed by atoms with Crippen molar-refractivity contribution in [2.24, 2.45) is 0 Å². The van der Waals surface area contributed by atoms with Crippen molar-refractivity contribution in [3.05, 3.63) is 48.5 Å². The molecular formula is C20H24S2+2. The quantitative estimate of drug-likeness (QED) is 0.657.